The number of esters is 1. The summed E-state index contributed by atoms with van der Waals surface area (Å²) < 4.78 is 11.3. The van der Waals surface area contributed by atoms with Crippen molar-refractivity contribution in [3.05, 3.63) is 79.9 Å². The van der Waals surface area contributed by atoms with E-state index in [0.29, 0.717) is 38.9 Å². The quantitative estimate of drug-likeness (QED) is 0.477. The third-order valence-corrected chi connectivity index (χ3v) is 4.76. The van der Waals surface area contributed by atoms with Crippen LogP contribution in [0.4, 0.5) is 0 Å². The van der Waals surface area contributed by atoms with Gasteiger partial charge in [0.2, 0.25) is 5.43 Å². The fourth-order valence-electron chi connectivity index (χ4n) is 2.92. The molecule has 0 N–H and O–H groups in total. The van der Waals surface area contributed by atoms with Gasteiger partial charge >= 0.3 is 5.97 Å². The van der Waals surface area contributed by atoms with Crippen molar-refractivity contribution in [2.75, 3.05) is 6.61 Å². The van der Waals surface area contributed by atoms with E-state index in [9.17, 15) is 9.59 Å². The Morgan fingerprint density at radius 3 is 1.86 bits per heavy atom. The van der Waals surface area contributed by atoms with Gasteiger partial charge in [-0.25, -0.2) is 4.79 Å². The third kappa shape index (κ3) is 3.98. The molecule has 2 aromatic carbocycles. The fourth-order valence-corrected chi connectivity index (χ4v) is 3.17. The lowest BCUT2D eigenvalue weighted by Gasteiger charge is -2.14. The maximum absolute atomic E-state index is 13.2. The highest BCUT2D eigenvalue weighted by molar-refractivity contribution is 6.30. The summed E-state index contributed by atoms with van der Waals surface area (Å²) in [5.41, 5.74) is 1.15. The summed E-state index contributed by atoms with van der Waals surface area (Å²) in [6.45, 7) is 3.67. The van der Waals surface area contributed by atoms with E-state index in [1.54, 1.807) is 55.5 Å². The summed E-state index contributed by atoms with van der Waals surface area (Å²) in [5.74, 6) is -0.150. The van der Waals surface area contributed by atoms with Crippen molar-refractivity contribution >= 4 is 29.2 Å². The Labute approximate surface area is 172 Å². The molecule has 6 heteroatoms. The molecule has 0 aliphatic carbocycles. The second-order valence-electron chi connectivity index (χ2n) is 6.03. The number of carbonyl (C=O) groups excluding carboxylic acids is 1. The van der Waals surface area contributed by atoms with Gasteiger partial charge in [0.25, 0.3) is 0 Å². The molecular weight excluding hydrogens is 399 g/mol. The molecule has 3 rings (SSSR count). The standard InChI is InChI=1S/C22H18Cl2O4/c1-3-17-19(25)18(22(26)27-4-2)21(14-7-11-16(24)12-8-14)28-20(17)13-5-9-15(23)10-6-13/h5-12H,3-4H2,1-2H3. The van der Waals surface area contributed by atoms with E-state index >= 15 is 0 Å². The van der Waals surface area contributed by atoms with Gasteiger partial charge in [0.1, 0.15) is 5.76 Å². The maximum Gasteiger partial charge on any atom is 0.346 e. The van der Waals surface area contributed by atoms with E-state index in [1.807, 2.05) is 6.92 Å². The van der Waals surface area contributed by atoms with Crippen LogP contribution in [0.5, 0.6) is 0 Å². The van der Waals surface area contributed by atoms with Gasteiger partial charge in [-0.1, -0.05) is 30.1 Å². The smallest absolute Gasteiger partial charge is 0.346 e. The van der Waals surface area contributed by atoms with Gasteiger partial charge in [-0.2, -0.15) is 0 Å². The number of carbonyl (C=O) groups is 1. The average Bonchev–Trinajstić information content (AvgIpc) is 2.68. The van der Waals surface area contributed by atoms with Gasteiger partial charge < -0.3 is 9.15 Å². The number of rotatable bonds is 5. The lowest BCUT2D eigenvalue weighted by atomic mass is 9.99. The van der Waals surface area contributed by atoms with E-state index in [1.165, 1.54) is 0 Å². The summed E-state index contributed by atoms with van der Waals surface area (Å²) in [7, 11) is 0. The Kier molecular flexibility index (Phi) is 6.22. The molecule has 0 unspecified atom stereocenters. The van der Waals surface area contributed by atoms with Gasteiger partial charge in [-0.15, -0.1) is 0 Å². The summed E-state index contributed by atoms with van der Waals surface area (Å²) in [6, 6.07) is 13.7. The SMILES string of the molecule is CCOC(=O)c1c(-c2ccc(Cl)cc2)oc(-c2ccc(Cl)cc2)c(CC)c1=O. The number of hydrogen-bond acceptors (Lipinski definition) is 4. The highest BCUT2D eigenvalue weighted by atomic mass is 35.5. The Balaban J connectivity index is 2.33. The van der Waals surface area contributed by atoms with E-state index < -0.39 is 11.4 Å². The van der Waals surface area contributed by atoms with E-state index in [-0.39, 0.29) is 17.9 Å². The average molecular weight is 417 g/mol. The van der Waals surface area contributed by atoms with Crippen LogP contribution in [-0.2, 0) is 11.2 Å². The van der Waals surface area contributed by atoms with Gasteiger partial charge in [-0.3, -0.25) is 4.79 Å². The van der Waals surface area contributed by atoms with E-state index in [2.05, 4.69) is 0 Å². The van der Waals surface area contributed by atoms with Crippen LogP contribution in [0.3, 0.4) is 0 Å². The second kappa shape index (κ2) is 8.63. The van der Waals surface area contributed by atoms with E-state index in [0.717, 1.165) is 0 Å². The lowest BCUT2D eigenvalue weighted by molar-refractivity contribution is 0.0523. The van der Waals surface area contributed by atoms with Crippen molar-refractivity contribution < 1.29 is 13.9 Å². The van der Waals surface area contributed by atoms with Crippen molar-refractivity contribution in [2.24, 2.45) is 0 Å². The maximum atomic E-state index is 13.2. The van der Waals surface area contributed by atoms with Crippen LogP contribution in [-0.4, -0.2) is 12.6 Å². The molecule has 0 spiro atoms. The predicted molar refractivity (Wildman–Crippen MR) is 111 cm³/mol. The Bertz CT molecular complexity index is 1050. The zero-order valence-corrected chi connectivity index (χ0v) is 16.9. The van der Waals surface area contributed by atoms with Crippen LogP contribution in [0.25, 0.3) is 22.6 Å². The first-order chi connectivity index (χ1) is 13.5. The first-order valence-electron chi connectivity index (χ1n) is 8.85. The summed E-state index contributed by atoms with van der Waals surface area (Å²) in [6.07, 6.45) is 0.396. The molecule has 0 saturated carbocycles. The van der Waals surface area contributed by atoms with Crippen LogP contribution in [0.15, 0.2) is 57.7 Å². The zero-order valence-electron chi connectivity index (χ0n) is 15.4. The molecule has 0 aliphatic heterocycles. The van der Waals surface area contributed by atoms with Crippen molar-refractivity contribution in [3.8, 4) is 22.6 Å². The van der Waals surface area contributed by atoms with Gasteiger partial charge in [0.15, 0.2) is 11.3 Å². The molecule has 0 bridgehead atoms. The third-order valence-electron chi connectivity index (χ3n) is 4.25. The van der Waals surface area contributed by atoms with Crippen molar-refractivity contribution in [3.63, 3.8) is 0 Å². The molecule has 28 heavy (non-hydrogen) atoms. The lowest BCUT2D eigenvalue weighted by Crippen LogP contribution is -2.22. The van der Waals surface area contributed by atoms with Crippen molar-refractivity contribution in [2.45, 2.75) is 20.3 Å². The van der Waals surface area contributed by atoms with Crippen LogP contribution in [0.1, 0.15) is 29.8 Å². The summed E-state index contributed by atoms with van der Waals surface area (Å²) in [5, 5.41) is 1.11. The van der Waals surface area contributed by atoms with Crippen LogP contribution in [0.2, 0.25) is 10.0 Å². The molecule has 3 aromatic rings. The van der Waals surface area contributed by atoms with Gasteiger partial charge in [-0.05, 0) is 61.9 Å². The molecule has 0 aliphatic rings. The van der Waals surface area contributed by atoms with Crippen LogP contribution < -0.4 is 5.43 Å². The zero-order chi connectivity index (χ0) is 20.3. The Morgan fingerprint density at radius 1 is 0.893 bits per heavy atom. The molecule has 144 valence electrons. The molecular formula is C22H18Cl2O4. The number of halogens is 2. The number of ether oxygens (including phenoxy) is 1. The predicted octanol–water partition coefficient (Wildman–Crippen LogP) is 6.02. The first-order valence-corrected chi connectivity index (χ1v) is 9.60. The molecule has 0 fully saturated rings. The van der Waals surface area contributed by atoms with Gasteiger partial charge in [0, 0.05) is 26.7 Å². The molecule has 1 aromatic heterocycles. The van der Waals surface area contributed by atoms with Crippen molar-refractivity contribution in [1.29, 1.82) is 0 Å². The van der Waals surface area contributed by atoms with Crippen LogP contribution in [0, 0.1) is 0 Å². The minimum atomic E-state index is -0.710. The largest absolute Gasteiger partial charge is 0.462 e. The van der Waals surface area contributed by atoms with E-state index in [4.69, 9.17) is 32.4 Å². The summed E-state index contributed by atoms with van der Waals surface area (Å²) >= 11 is 12.0. The number of hydrogen-bond donors (Lipinski definition) is 0. The second-order valence-corrected chi connectivity index (χ2v) is 6.90. The number of benzene rings is 2. The highest BCUT2D eigenvalue weighted by Crippen LogP contribution is 2.32. The molecule has 0 atom stereocenters. The topological polar surface area (TPSA) is 56.5 Å². The minimum absolute atomic E-state index is 0.112. The molecule has 0 saturated heterocycles. The summed E-state index contributed by atoms with van der Waals surface area (Å²) in [4.78, 5) is 25.8. The Hall–Kier alpha value is -2.56. The normalized spacial score (nSPS) is 10.7. The first kappa shape index (κ1) is 20.2. The molecule has 0 radical (unpaired) electrons. The van der Waals surface area contributed by atoms with Crippen molar-refractivity contribution in [1.82, 2.24) is 0 Å². The molecule has 0 amide bonds. The van der Waals surface area contributed by atoms with Gasteiger partial charge in [0.05, 0.1) is 6.61 Å². The highest BCUT2D eigenvalue weighted by Gasteiger charge is 2.26. The van der Waals surface area contributed by atoms with Crippen LogP contribution >= 0.6 is 23.2 Å². The fraction of sp³-hybridized carbons (Fsp3) is 0.182. The monoisotopic (exact) mass is 416 g/mol. The minimum Gasteiger partial charge on any atom is -0.462 e. The molecule has 1 heterocycles. The molecule has 4 nitrogen and oxygen atoms in total. The Morgan fingerprint density at radius 2 is 1.39 bits per heavy atom.